The number of nitriles is 1. The summed E-state index contributed by atoms with van der Waals surface area (Å²) >= 11 is 0. The highest BCUT2D eigenvalue weighted by molar-refractivity contribution is 5.39. The SMILES string of the molecule is C=C1CC(C#N)(C23CC4CC(CC(C4)C2)C3)CC1=C. The molecule has 0 aliphatic heterocycles. The standard InChI is InChI=1S/C18H23N/c1-12-6-18(11-19,7-13(12)2)17-8-14-3-15(9-17)5-16(4-14)10-17/h14-16H,1-10H2. The maximum atomic E-state index is 9.98. The van der Waals surface area contributed by atoms with E-state index in [1.807, 2.05) is 0 Å². The van der Waals surface area contributed by atoms with Crippen molar-refractivity contribution >= 4 is 0 Å². The average Bonchev–Trinajstić information content (AvgIpc) is 2.65. The Kier molecular flexibility index (Phi) is 2.19. The third-order valence-electron chi connectivity index (χ3n) is 6.80. The minimum atomic E-state index is -0.156. The fourth-order valence-electron chi connectivity index (χ4n) is 6.31. The van der Waals surface area contributed by atoms with Crippen LogP contribution in [0.25, 0.3) is 0 Å². The molecule has 5 aliphatic carbocycles. The molecule has 19 heavy (non-hydrogen) atoms. The van der Waals surface area contributed by atoms with E-state index in [-0.39, 0.29) is 5.41 Å². The molecule has 0 aromatic carbocycles. The van der Waals surface area contributed by atoms with E-state index in [4.69, 9.17) is 0 Å². The molecule has 0 heterocycles. The van der Waals surface area contributed by atoms with Crippen molar-refractivity contribution in [2.45, 2.75) is 51.4 Å². The first-order chi connectivity index (χ1) is 9.06. The molecule has 0 amide bonds. The quantitative estimate of drug-likeness (QED) is 0.669. The average molecular weight is 253 g/mol. The van der Waals surface area contributed by atoms with Crippen LogP contribution in [0, 0.1) is 39.9 Å². The summed E-state index contributed by atoms with van der Waals surface area (Å²) in [5, 5.41) is 9.98. The predicted octanol–water partition coefficient (Wildman–Crippen LogP) is 4.62. The van der Waals surface area contributed by atoms with Gasteiger partial charge in [0, 0.05) is 0 Å². The molecule has 0 unspecified atom stereocenters. The summed E-state index contributed by atoms with van der Waals surface area (Å²) in [4.78, 5) is 0. The Morgan fingerprint density at radius 1 is 0.895 bits per heavy atom. The number of allylic oxidation sites excluding steroid dienone is 2. The normalized spacial score (nSPS) is 46.6. The summed E-state index contributed by atoms with van der Waals surface area (Å²) in [6, 6.07) is 2.77. The topological polar surface area (TPSA) is 23.8 Å². The first-order valence-corrected chi connectivity index (χ1v) is 7.83. The molecule has 5 fully saturated rings. The Hall–Kier alpha value is -1.03. The van der Waals surface area contributed by atoms with Crippen LogP contribution in [-0.4, -0.2) is 0 Å². The van der Waals surface area contributed by atoms with Gasteiger partial charge in [0.1, 0.15) is 0 Å². The Morgan fingerprint density at radius 2 is 1.32 bits per heavy atom. The minimum Gasteiger partial charge on any atom is -0.198 e. The second-order valence-corrected chi connectivity index (χ2v) is 7.95. The van der Waals surface area contributed by atoms with Crippen LogP contribution in [-0.2, 0) is 0 Å². The highest BCUT2D eigenvalue weighted by atomic mass is 14.7. The summed E-state index contributed by atoms with van der Waals surface area (Å²) in [5.74, 6) is 2.75. The largest absolute Gasteiger partial charge is 0.198 e. The molecule has 5 aliphatic rings. The van der Waals surface area contributed by atoms with Crippen molar-refractivity contribution in [3.05, 3.63) is 24.3 Å². The van der Waals surface area contributed by atoms with E-state index in [0.29, 0.717) is 5.41 Å². The van der Waals surface area contributed by atoms with Gasteiger partial charge in [-0.15, -0.1) is 0 Å². The molecule has 100 valence electrons. The van der Waals surface area contributed by atoms with E-state index in [0.717, 1.165) is 41.7 Å². The van der Waals surface area contributed by atoms with Crippen LogP contribution in [0.4, 0.5) is 0 Å². The highest BCUT2D eigenvalue weighted by Gasteiger charge is 2.62. The van der Waals surface area contributed by atoms with Crippen molar-refractivity contribution in [3.8, 4) is 6.07 Å². The van der Waals surface area contributed by atoms with Gasteiger partial charge in [-0.2, -0.15) is 5.26 Å². The van der Waals surface area contributed by atoms with Gasteiger partial charge in [0.15, 0.2) is 0 Å². The third kappa shape index (κ3) is 1.41. The molecule has 1 heteroatoms. The first-order valence-electron chi connectivity index (χ1n) is 7.83. The van der Waals surface area contributed by atoms with Crippen molar-refractivity contribution in [2.24, 2.45) is 28.6 Å². The molecular formula is C18H23N. The van der Waals surface area contributed by atoms with Gasteiger partial charge < -0.3 is 0 Å². The van der Waals surface area contributed by atoms with Gasteiger partial charge in [-0.1, -0.05) is 24.3 Å². The van der Waals surface area contributed by atoms with E-state index in [2.05, 4.69) is 19.2 Å². The zero-order valence-corrected chi connectivity index (χ0v) is 11.8. The van der Waals surface area contributed by atoms with Gasteiger partial charge in [0.05, 0.1) is 11.5 Å². The maximum Gasteiger partial charge on any atom is 0.0710 e. The summed E-state index contributed by atoms with van der Waals surface area (Å²) in [6.07, 6.45) is 10.1. The van der Waals surface area contributed by atoms with E-state index in [1.165, 1.54) is 38.5 Å². The molecule has 5 rings (SSSR count). The van der Waals surface area contributed by atoms with E-state index in [9.17, 15) is 5.26 Å². The Balaban J connectivity index is 1.77. The summed E-state index contributed by atoms with van der Waals surface area (Å²) in [6.45, 7) is 8.31. The van der Waals surface area contributed by atoms with Crippen LogP contribution in [0.1, 0.15) is 51.4 Å². The van der Waals surface area contributed by atoms with Crippen LogP contribution in [0.5, 0.6) is 0 Å². The zero-order valence-electron chi connectivity index (χ0n) is 11.8. The number of hydrogen-bond donors (Lipinski definition) is 0. The predicted molar refractivity (Wildman–Crippen MR) is 76.2 cm³/mol. The Morgan fingerprint density at radius 3 is 1.68 bits per heavy atom. The number of nitrogens with zero attached hydrogens (tertiary/aromatic N) is 1. The molecule has 0 radical (unpaired) electrons. The maximum absolute atomic E-state index is 9.98. The zero-order chi connectivity index (χ0) is 13.3. The van der Waals surface area contributed by atoms with Crippen LogP contribution >= 0.6 is 0 Å². The summed E-state index contributed by atoms with van der Waals surface area (Å²) < 4.78 is 0. The molecular weight excluding hydrogens is 230 g/mol. The number of rotatable bonds is 1. The van der Waals surface area contributed by atoms with Crippen molar-refractivity contribution in [1.82, 2.24) is 0 Å². The molecule has 0 atom stereocenters. The Bertz CT molecular complexity index is 453. The monoisotopic (exact) mass is 253 g/mol. The summed E-state index contributed by atoms with van der Waals surface area (Å²) in [7, 11) is 0. The third-order valence-corrected chi connectivity index (χ3v) is 6.80. The van der Waals surface area contributed by atoms with E-state index < -0.39 is 0 Å². The van der Waals surface area contributed by atoms with Gasteiger partial charge in [-0.3, -0.25) is 0 Å². The van der Waals surface area contributed by atoms with Crippen LogP contribution < -0.4 is 0 Å². The molecule has 0 spiro atoms. The van der Waals surface area contributed by atoms with Crippen molar-refractivity contribution < 1.29 is 0 Å². The molecule has 0 N–H and O–H groups in total. The highest BCUT2D eigenvalue weighted by Crippen LogP contribution is 2.70. The molecule has 0 saturated heterocycles. The van der Waals surface area contributed by atoms with Gasteiger partial charge in [0.2, 0.25) is 0 Å². The fraction of sp³-hybridized carbons (Fsp3) is 0.722. The second kappa shape index (κ2) is 3.54. The van der Waals surface area contributed by atoms with Crippen molar-refractivity contribution in [1.29, 1.82) is 5.26 Å². The van der Waals surface area contributed by atoms with Gasteiger partial charge in [0.25, 0.3) is 0 Å². The molecule has 0 aromatic heterocycles. The second-order valence-electron chi connectivity index (χ2n) is 7.95. The van der Waals surface area contributed by atoms with Gasteiger partial charge in [-0.05, 0) is 74.5 Å². The Labute approximate surface area is 116 Å². The fourth-order valence-corrected chi connectivity index (χ4v) is 6.31. The lowest BCUT2D eigenvalue weighted by Crippen LogP contribution is -2.53. The van der Waals surface area contributed by atoms with Crippen LogP contribution in [0.3, 0.4) is 0 Å². The van der Waals surface area contributed by atoms with E-state index in [1.54, 1.807) is 0 Å². The lowest BCUT2D eigenvalue weighted by molar-refractivity contribution is -0.107. The van der Waals surface area contributed by atoms with Crippen molar-refractivity contribution in [3.63, 3.8) is 0 Å². The van der Waals surface area contributed by atoms with E-state index >= 15 is 0 Å². The molecule has 1 nitrogen and oxygen atoms in total. The van der Waals surface area contributed by atoms with Crippen LogP contribution in [0.15, 0.2) is 24.3 Å². The lowest BCUT2D eigenvalue weighted by atomic mass is 9.42. The summed E-state index contributed by atoms with van der Waals surface area (Å²) in [5.41, 5.74) is 2.45. The van der Waals surface area contributed by atoms with Gasteiger partial charge >= 0.3 is 0 Å². The van der Waals surface area contributed by atoms with Crippen LogP contribution in [0.2, 0.25) is 0 Å². The number of hydrogen-bond acceptors (Lipinski definition) is 1. The smallest absolute Gasteiger partial charge is 0.0710 e. The van der Waals surface area contributed by atoms with Gasteiger partial charge in [-0.25, -0.2) is 0 Å². The minimum absolute atomic E-state index is 0.156. The first kappa shape index (κ1) is 11.8. The molecule has 4 bridgehead atoms. The molecule has 5 saturated carbocycles. The van der Waals surface area contributed by atoms with Crippen molar-refractivity contribution in [2.75, 3.05) is 0 Å². The lowest BCUT2D eigenvalue weighted by Gasteiger charge is -2.61. The molecule has 0 aromatic rings.